The minimum atomic E-state index is -3.63. The minimum absolute atomic E-state index is 0.0214. The van der Waals surface area contributed by atoms with Crippen LogP contribution in [0.15, 0.2) is 40.6 Å². The summed E-state index contributed by atoms with van der Waals surface area (Å²) >= 11 is 3.54. The molecule has 0 radical (unpaired) electrons. The lowest BCUT2D eigenvalue weighted by Gasteiger charge is -2.30. The van der Waals surface area contributed by atoms with Crippen molar-refractivity contribution in [2.75, 3.05) is 38.6 Å². The number of amides is 1. The van der Waals surface area contributed by atoms with Crippen LogP contribution in [-0.4, -0.2) is 57.2 Å². The van der Waals surface area contributed by atoms with E-state index in [1.807, 2.05) is 6.07 Å². The van der Waals surface area contributed by atoms with Gasteiger partial charge in [0.2, 0.25) is 15.9 Å². The number of carbonyl (C=O) groups excluding carboxylic acids is 1. The van der Waals surface area contributed by atoms with Gasteiger partial charge >= 0.3 is 0 Å². The van der Waals surface area contributed by atoms with Crippen LogP contribution in [0.5, 0.6) is 11.5 Å². The molecule has 1 aromatic heterocycles. The van der Waals surface area contributed by atoms with Crippen LogP contribution >= 0.6 is 23.1 Å². The maximum absolute atomic E-state index is 13.0. The minimum Gasteiger partial charge on any atom is -0.486 e. The van der Waals surface area contributed by atoms with Crippen LogP contribution in [0.4, 0.5) is 0 Å². The number of carbonyl (C=O) groups is 1. The third-order valence-electron chi connectivity index (χ3n) is 5.35. The Morgan fingerprint density at radius 2 is 1.94 bits per heavy atom. The number of thiophene rings is 1. The first kappa shape index (κ1) is 22.4. The van der Waals surface area contributed by atoms with Gasteiger partial charge in [-0.3, -0.25) is 4.79 Å². The molecule has 1 saturated heterocycles. The van der Waals surface area contributed by atoms with Gasteiger partial charge in [-0.1, -0.05) is 6.07 Å². The van der Waals surface area contributed by atoms with Gasteiger partial charge in [0.1, 0.15) is 13.2 Å². The van der Waals surface area contributed by atoms with E-state index >= 15 is 0 Å². The van der Waals surface area contributed by atoms with Crippen molar-refractivity contribution in [1.29, 1.82) is 0 Å². The highest BCUT2D eigenvalue weighted by Gasteiger charge is 2.32. The van der Waals surface area contributed by atoms with Crippen LogP contribution in [0.2, 0.25) is 0 Å². The first-order valence-corrected chi connectivity index (χ1v) is 13.8. The maximum Gasteiger partial charge on any atom is 0.243 e. The predicted molar refractivity (Wildman–Crippen MR) is 122 cm³/mol. The number of ether oxygens (including phenoxy) is 2. The number of piperidine rings is 1. The van der Waals surface area contributed by atoms with Crippen LogP contribution in [-0.2, 0) is 20.6 Å². The molecule has 1 aromatic carbocycles. The predicted octanol–water partition coefficient (Wildman–Crippen LogP) is 2.97. The summed E-state index contributed by atoms with van der Waals surface area (Å²) in [6, 6.07) is 8.87. The fourth-order valence-corrected chi connectivity index (χ4v) is 6.83. The van der Waals surface area contributed by atoms with E-state index in [0.717, 1.165) is 11.5 Å². The number of hydrogen-bond acceptors (Lipinski definition) is 7. The number of benzene rings is 1. The first-order valence-electron chi connectivity index (χ1n) is 10.3. The molecule has 31 heavy (non-hydrogen) atoms. The van der Waals surface area contributed by atoms with Gasteiger partial charge in [-0.15, -0.1) is 11.3 Å². The molecule has 1 fully saturated rings. The van der Waals surface area contributed by atoms with Gasteiger partial charge in [0.05, 0.1) is 4.90 Å². The molecule has 2 aliphatic heterocycles. The van der Waals surface area contributed by atoms with Gasteiger partial charge in [0.25, 0.3) is 0 Å². The molecule has 3 heterocycles. The Morgan fingerprint density at radius 3 is 2.68 bits per heavy atom. The standard InChI is InChI=1S/C21H26N2O5S3/c24-21(22-7-13-29-15-17-2-1-12-30-17)16-5-8-23(9-6-16)31(25,26)18-3-4-19-20(14-18)28-11-10-27-19/h1-4,12,14,16H,5-11,13,15H2,(H,22,24). The summed E-state index contributed by atoms with van der Waals surface area (Å²) in [5, 5.41) is 5.06. The third kappa shape index (κ3) is 5.54. The summed E-state index contributed by atoms with van der Waals surface area (Å²) in [4.78, 5) is 14.0. The second-order valence-electron chi connectivity index (χ2n) is 7.41. The molecule has 168 valence electrons. The smallest absolute Gasteiger partial charge is 0.243 e. The number of rotatable bonds is 8. The zero-order valence-corrected chi connectivity index (χ0v) is 19.6. The molecule has 2 aliphatic rings. The van der Waals surface area contributed by atoms with E-state index in [2.05, 4.69) is 16.8 Å². The van der Waals surface area contributed by atoms with Crippen LogP contribution in [0.1, 0.15) is 17.7 Å². The van der Waals surface area contributed by atoms with E-state index in [9.17, 15) is 13.2 Å². The molecule has 0 atom stereocenters. The van der Waals surface area contributed by atoms with Crippen molar-refractivity contribution in [2.45, 2.75) is 23.5 Å². The van der Waals surface area contributed by atoms with Crippen LogP contribution in [0, 0.1) is 5.92 Å². The van der Waals surface area contributed by atoms with E-state index in [1.165, 1.54) is 15.2 Å². The molecule has 10 heteroatoms. The Balaban J connectivity index is 1.23. The van der Waals surface area contributed by atoms with Crippen molar-refractivity contribution in [2.24, 2.45) is 5.92 Å². The Morgan fingerprint density at radius 1 is 1.16 bits per heavy atom. The Hall–Kier alpha value is -1.75. The fraction of sp³-hybridized carbons (Fsp3) is 0.476. The molecule has 0 bridgehead atoms. The Bertz CT molecular complexity index is 986. The normalized spacial score (nSPS) is 17.4. The summed E-state index contributed by atoms with van der Waals surface area (Å²) in [5.74, 6) is 2.72. The number of nitrogens with one attached hydrogen (secondary N) is 1. The van der Waals surface area contributed by atoms with Crippen molar-refractivity contribution in [3.63, 3.8) is 0 Å². The van der Waals surface area contributed by atoms with E-state index in [1.54, 1.807) is 35.2 Å². The summed E-state index contributed by atoms with van der Waals surface area (Å²) < 4.78 is 38.5. The van der Waals surface area contributed by atoms with Gasteiger partial charge in [0, 0.05) is 48.0 Å². The highest BCUT2D eigenvalue weighted by molar-refractivity contribution is 7.98. The maximum atomic E-state index is 13.0. The van der Waals surface area contributed by atoms with Crippen LogP contribution < -0.4 is 14.8 Å². The van der Waals surface area contributed by atoms with Gasteiger partial charge < -0.3 is 14.8 Å². The second kappa shape index (κ2) is 10.2. The Labute approximate surface area is 191 Å². The van der Waals surface area contributed by atoms with Crippen molar-refractivity contribution < 1.29 is 22.7 Å². The number of fused-ring (bicyclic) bond motifs is 1. The molecular weight excluding hydrogens is 456 g/mol. The molecule has 2 aromatic rings. The highest BCUT2D eigenvalue weighted by Crippen LogP contribution is 2.34. The van der Waals surface area contributed by atoms with Gasteiger partial charge in [-0.05, 0) is 36.4 Å². The van der Waals surface area contributed by atoms with Crippen LogP contribution in [0.3, 0.4) is 0 Å². The topological polar surface area (TPSA) is 84.9 Å². The van der Waals surface area contributed by atoms with Gasteiger partial charge in [0.15, 0.2) is 11.5 Å². The summed E-state index contributed by atoms with van der Waals surface area (Å²) in [6.07, 6.45) is 1.05. The number of thioether (sulfide) groups is 1. The summed E-state index contributed by atoms with van der Waals surface area (Å²) in [5.41, 5.74) is 0. The lowest BCUT2D eigenvalue weighted by molar-refractivity contribution is -0.125. The van der Waals surface area contributed by atoms with Gasteiger partial charge in [-0.2, -0.15) is 16.1 Å². The average Bonchev–Trinajstić information content (AvgIpc) is 3.32. The van der Waals surface area contributed by atoms with Crippen molar-refractivity contribution in [1.82, 2.24) is 9.62 Å². The van der Waals surface area contributed by atoms with Crippen LogP contribution in [0.25, 0.3) is 0 Å². The fourth-order valence-electron chi connectivity index (χ4n) is 3.65. The zero-order valence-electron chi connectivity index (χ0n) is 17.1. The van der Waals surface area contributed by atoms with Crippen molar-refractivity contribution in [3.8, 4) is 11.5 Å². The second-order valence-corrected chi connectivity index (χ2v) is 11.5. The average molecular weight is 483 g/mol. The van der Waals surface area contributed by atoms with Crippen molar-refractivity contribution in [3.05, 3.63) is 40.6 Å². The molecule has 7 nitrogen and oxygen atoms in total. The molecule has 0 spiro atoms. The summed E-state index contributed by atoms with van der Waals surface area (Å²) in [7, 11) is -3.63. The molecule has 0 aliphatic carbocycles. The summed E-state index contributed by atoms with van der Waals surface area (Å²) in [6.45, 7) is 2.17. The molecule has 1 amide bonds. The molecular formula is C21H26N2O5S3. The SMILES string of the molecule is O=C(NCCSCc1cccs1)C1CCN(S(=O)(=O)c2ccc3c(c2)OCCO3)CC1. The molecule has 4 rings (SSSR count). The monoisotopic (exact) mass is 482 g/mol. The zero-order chi connectivity index (χ0) is 21.7. The van der Waals surface area contributed by atoms with E-state index in [4.69, 9.17) is 9.47 Å². The first-order chi connectivity index (χ1) is 15.0. The number of nitrogens with zero attached hydrogens (tertiary/aromatic N) is 1. The largest absolute Gasteiger partial charge is 0.486 e. The van der Waals surface area contributed by atoms with E-state index in [-0.39, 0.29) is 16.7 Å². The molecule has 1 N–H and O–H groups in total. The highest BCUT2D eigenvalue weighted by atomic mass is 32.2. The van der Waals surface area contributed by atoms with E-state index in [0.29, 0.717) is 57.2 Å². The molecule has 0 saturated carbocycles. The number of hydrogen-bond donors (Lipinski definition) is 1. The van der Waals surface area contributed by atoms with E-state index < -0.39 is 10.0 Å². The number of sulfonamides is 1. The lowest BCUT2D eigenvalue weighted by Crippen LogP contribution is -2.43. The lowest BCUT2D eigenvalue weighted by atomic mass is 9.97. The third-order valence-corrected chi connectivity index (χ3v) is 9.31. The molecule has 0 unspecified atom stereocenters. The Kier molecular flexibility index (Phi) is 7.42. The quantitative estimate of drug-likeness (QED) is 0.583. The van der Waals surface area contributed by atoms with Gasteiger partial charge in [-0.25, -0.2) is 8.42 Å². The van der Waals surface area contributed by atoms with Crippen molar-refractivity contribution >= 4 is 39.0 Å².